The first-order valence-electron chi connectivity index (χ1n) is 6.53. The van der Waals surface area contributed by atoms with Crippen LogP contribution in [0.4, 0.5) is 0 Å². The van der Waals surface area contributed by atoms with Crippen LogP contribution >= 0.6 is 24.0 Å². The molecule has 0 aliphatic heterocycles. The first-order valence-corrected chi connectivity index (χ1v) is 7.92. The van der Waals surface area contributed by atoms with Crippen LogP contribution in [0.3, 0.4) is 0 Å². The smallest absolute Gasteiger partial charge is 0.133 e. The molecule has 0 atom stereocenters. The number of aromatic amines is 1. The lowest BCUT2D eigenvalue weighted by Gasteiger charge is -2.06. The molecule has 0 radical (unpaired) electrons. The van der Waals surface area contributed by atoms with E-state index in [9.17, 15) is 0 Å². The Hall–Kier alpha value is -1.13. The molecular weight excluding hydrogens is 272 g/mol. The van der Waals surface area contributed by atoms with Crippen molar-refractivity contribution < 1.29 is 0 Å². The van der Waals surface area contributed by atoms with Crippen molar-refractivity contribution in [2.24, 2.45) is 0 Å². The predicted molar refractivity (Wildman–Crippen MR) is 82.2 cm³/mol. The summed E-state index contributed by atoms with van der Waals surface area (Å²) in [7, 11) is 0. The zero-order valence-electron chi connectivity index (χ0n) is 10.9. The maximum absolute atomic E-state index is 5.37. The van der Waals surface area contributed by atoms with Crippen molar-refractivity contribution in [1.82, 2.24) is 9.97 Å². The number of aryl methyl sites for hydroxylation is 2. The lowest BCUT2D eigenvalue weighted by molar-refractivity contribution is 0.893. The molecule has 3 rings (SSSR count). The van der Waals surface area contributed by atoms with Crippen LogP contribution in [0.15, 0.2) is 29.2 Å². The monoisotopic (exact) mass is 288 g/mol. The second kappa shape index (κ2) is 5.47. The Balaban J connectivity index is 1.75. The van der Waals surface area contributed by atoms with Gasteiger partial charge in [-0.2, -0.15) is 0 Å². The van der Waals surface area contributed by atoms with Crippen LogP contribution in [0, 0.1) is 11.6 Å². The minimum absolute atomic E-state index is 0.797. The Morgan fingerprint density at radius 3 is 2.84 bits per heavy atom. The number of hydrogen-bond acceptors (Lipinski definition) is 3. The normalized spacial score (nSPS) is 13.5. The van der Waals surface area contributed by atoms with E-state index in [1.165, 1.54) is 28.1 Å². The number of nitrogens with one attached hydrogen (secondary N) is 1. The molecular formula is C15H16N2S2. The van der Waals surface area contributed by atoms with E-state index in [0.717, 1.165) is 29.1 Å². The summed E-state index contributed by atoms with van der Waals surface area (Å²) in [5.74, 6) is 1.84. The molecule has 1 aliphatic rings. The average Bonchev–Trinajstić information content (AvgIpc) is 2.87. The van der Waals surface area contributed by atoms with Gasteiger partial charge in [-0.3, -0.25) is 0 Å². The molecule has 1 N–H and O–H groups in total. The molecule has 1 aromatic heterocycles. The Morgan fingerprint density at radius 1 is 1.26 bits per heavy atom. The van der Waals surface area contributed by atoms with Gasteiger partial charge >= 0.3 is 0 Å². The fourth-order valence-electron chi connectivity index (χ4n) is 2.36. The second-order valence-corrected chi connectivity index (χ2v) is 6.34. The molecule has 2 aromatic rings. The Kier molecular flexibility index (Phi) is 3.71. The van der Waals surface area contributed by atoms with Crippen LogP contribution in [0.5, 0.6) is 0 Å². The number of hydrogen-bond donors (Lipinski definition) is 1. The highest BCUT2D eigenvalue weighted by Crippen LogP contribution is 2.24. The summed E-state index contributed by atoms with van der Waals surface area (Å²) in [6.07, 6.45) is 3.40. The van der Waals surface area contributed by atoms with Gasteiger partial charge in [-0.15, -0.1) is 11.8 Å². The number of fused-ring (bicyclic) bond motifs is 1. The second-order valence-electron chi connectivity index (χ2n) is 4.90. The number of aromatic nitrogens is 2. The van der Waals surface area contributed by atoms with Crippen LogP contribution < -0.4 is 0 Å². The maximum atomic E-state index is 5.37. The summed E-state index contributed by atoms with van der Waals surface area (Å²) in [5.41, 5.74) is 3.86. The Bertz CT molecular complexity index is 644. The van der Waals surface area contributed by atoms with E-state index in [2.05, 4.69) is 41.2 Å². The van der Waals surface area contributed by atoms with Gasteiger partial charge in [0.15, 0.2) is 0 Å². The number of H-pyrrole nitrogens is 1. The first kappa shape index (κ1) is 12.9. The minimum Gasteiger partial charge on any atom is -0.346 e. The summed E-state index contributed by atoms with van der Waals surface area (Å²) in [4.78, 5) is 9.24. The largest absolute Gasteiger partial charge is 0.346 e. The van der Waals surface area contributed by atoms with E-state index >= 15 is 0 Å². The van der Waals surface area contributed by atoms with Gasteiger partial charge in [0.05, 0.1) is 5.75 Å². The summed E-state index contributed by atoms with van der Waals surface area (Å²) < 4.78 is 0.797. The van der Waals surface area contributed by atoms with Gasteiger partial charge in [0.1, 0.15) is 10.5 Å². The fraction of sp³-hybridized carbons (Fsp3) is 0.333. The van der Waals surface area contributed by atoms with Crippen LogP contribution in [0.1, 0.15) is 29.1 Å². The van der Waals surface area contributed by atoms with Crippen molar-refractivity contribution in [3.8, 4) is 0 Å². The SMILES string of the molecule is Cc1ccc(SCc2nc(=S)c3c([nH]2)CCC3)cc1. The van der Waals surface area contributed by atoms with E-state index in [4.69, 9.17) is 12.2 Å². The molecule has 0 saturated carbocycles. The van der Waals surface area contributed by atoms with Crippen molar-refractivity contribution in [3.63, 3.8) is 0 Å². The van der Waals surface area contributed by atoms with Crippen LogP contribution in [0.25, 0.3) is 0 Å². The molecule has 2 nitrogen and oxygen atoms in total. The summed E-state index contributed by atoms with van der Waals surface area (Å²) in [5, 5.41) is 0. The third-order valence-corrected chi connectivity index (χ3v) is 4.77. The lowest BCUT2D eigenvalue weighted by atomic mass is 10.2. The van der Waals surface area contributed by atoms with Gasteiger partial charge in [0.2, 0.25) is 0 Å². The van der Waals surface area contributed by atoms with Crippen LogP contribution in [-0.2, 0) is 18.6 Å². The highest BCUT2D eigenvalue weighted by atomic mass is 32.2. The summed E-state index contributed by atoms with van der Waals surface area (Å²) in [6.45, 7) is 2.10. The Morgan fingerprint density at radius 2 is 2.05 bits per heavy atom. The van der Waals surface area contributed by atoms with Crippen molar-refractivity contribution in [2.75, 3.05) is 0 Å². The molecule has 0 fully saturated rings. The lowest BCUT2D eigenvalue weighted by Crippen LogP contribution is -1.99. The van der Waals surface area contributed by atoms with E-state index in [1.54, 1.807) is 11.8 Å². The molecule has 0 bridgehead atoms. The fourth-order valence-corrected chi connectivity index (χ4v) is 3.47. The molecule has 1 aromatic carbocycles. The molecule has 0 saturated heterocycles. The number of benzene rings is 1. The number of thioether (sulfide) groups is 1. The molecule has 98 valence electrons. The quantitative estimate of drug-likeness (QED) is 0.677. The van der Waals surface area contributed by atoms with E-state index < -0.39 is 0 Å². The highest BCUT2D eigenvalue weighted by molar-refractivity contribution is 7.98. The summed E-state index contributed by atoms with van der Waals surface area (Å²) in [6, 6.07) is 8.59. The maximum Gasteiger partial charge on any atom is 0.133 e. The average molecular weight is 288 g/mol. The van der Waals surface area contributed by atoms with E-state index in [1.807, 2.05) is 0 Å². The van der Waals surface area contributed by atoms with Crippen molar-refractivity contribution >= 4 is 24.0 Å². The topological polar surface area (TPSA) is 28.7 Å². The zero-order valence-corrected chi connectivity index (χ0v) is 12.5. The zero-order chi connectivity index (χ0) is 13.2. The van der Waals surface area contributed by atoms with E-state index in [-0.39, 0.29) is 0 Å². The number of nitrogens with zero attached hydrogens (tertiary/aromatic N) is 1. The molecule has 1 aliphatic carbocycles. The molecule has 0 spiro atoms. The van der Waals surface area contributed by atoms with Gasteiger partial charge in [0, 0.05) is 16.2 Å². The molecule has 0 unspecified atom stereocenters. The molecule has 0 amide bonds. The Labute approximate surface area is 122 Å². The van der Waals surface area contributed by atoms with Gasteiger partial charge in [0.25, 0.3) is 0 Å². The summed E-state index contributed by atoms with van der Waals surface area (Å²) >= 11 is 7.17. The van der Waals surface area contributed by atoms with Crippen LogP contribution in [0.2, 0.25) is 0 Å². The molecule has 1 heterocycles. The molecule has 19 heavy (non-hydrogen) atoms. The standard InChI is InChI=1S/C15H16N2S2/c1-10-5-7-11(8-6-10)19-9-14-16-13-4-2-3-12(13)15(18)17-14/h5-8H,2-4,9H2,1H3,(H,16,17,18). The predicted octanol–water partition coefficient (Wildman–Crippen LogP) is 4.23. The van der Waals surface area contributed by atoms with Crippen molar-refractivity contribution in [3.05, 3.63) is 51.6 Å². The number of rotatable bonds is 3. The van der Waals surface area contributed by atoms with Gasteiger partial charge < -0.3 is 4.98 Å². The highest BCUT2D eigenvalue weighted by Gasteiger charge is 2.14. The third-order valence-electron chi connectivity index (χ3n) is 3.40. The minimum atomic E-state index is 0.797. The third kappa shape index (κ3) is 2.90. The van der Waals surface area contributed by atoms with Gasteiger partial charge in [-0.05, 0) is 38.3 Å². The van der Waals surface area contributed by atoms with Gasteiger partial charge in [-0.25, -0.2) is 4.98 Å². The van der Waals surface area contributed by atoms with Crippen molar-refractivity contribution in [2.45, 2.75) is 36.8 Å². The van der Waals surface area contributed by atoms with Crippen molar-refractivity contribution in [1.29, 1.82) is 0 Å². The van der Waals surface area contributed by atoms with Gasteiger partial charge in [-0.1, -0.05) is 29.9 Å². The van der Waals surface area contributed by atoms with E-state index in [0.29, 0.717) is 0 Å². The van der Waals surface area contributed by atoms with Crippen LogP contribution in [-0.4, -0.2) is 9.97 Å². The molecule has 4 heteroatoms. The first-order chi connectivity index (χ1) is 9.22.